The Kier molecular flexibility index (Phi) is 12.6. The lowest BCUT2D eigenvalue weighted by atomic mass is 10.1. The molecule has 3 N–H and O–H groups in total. The van der Waals surface area contributed by atoms with E-state index in [4.69, 9.17) is 24.7 Å². The van der Waals surface area contributed by atoms with Crippen LogP contribution in [0.1, 0.15) is 12.8 Å². The van der Waals surface area contributed by atoms with E-state index in [1.807, 2.05) is 23.3 Å². The van der Waals surface area contributed by atoms with Crippen LogP contribution in [0.2, 0.25) is 0 Å². The Morgan fingerprint density at radius 1 is 1.29 bits per heavy atom. The molecule has 196 valence electrons. The molecule has 0 radical (unpaired) electrons. The topological polar surface area (TPSA) is 112 Å². The van der Waals surface area contributed by atoms with Gasteiger partial charge in [-0.1, -0.05) is 12.2 Å². The van der Waals surface area contributed by atoms with Gasteiger partial charge < -0.3 is 30.0 Å². The summed E-state index contributed by atoms with van der Waals surface area (Å²) in [5.41, 5.74) is 5.93. The van der Waals surface area contributed by atoms with Gasteiger partial charge in [-0.15, -0.1) is 0 Å². The molecule has 11 heteroatoms. The zero-order chi connectivity index (χ0) is 25.8. The number of ether oxygens (including phenoxy) is 4. The van der Waals surface area contributed by atoms with E-state index < -0.39 is 18.1 Å². The van der Waals surface area contributed by atoms with Crippen molar-refractivity contribution < 1.29 is 28.5 Å². The summed E-state index contributed by atoms with van der Waals surface area (Å²) >= 11 is 5.81. The van der Waals surface area contributed by atoms with Gasteiger partial charge in [0.2, 0.25) is 5.91 Å². The number of hydrogen-bond acceptors (Lipinski definition) is 10. The number of nitrogens with zero attached hydrogens (tertiary/aromatic N) is 1. The normalized spacial score (nSPS) is 19.8. The maximum absolute atomic E-state index is 13.3. The number of nitrogens with one attached hydrogen (secondary N) is 1. The second kappa shape index (κ2) is 15.1. The SMILES string of the molecule is COC(=O)[C@H](CCSC)NC(=O)[C@@H]1C[C@H](Oc2ccc(OC)c(OC)c2)CN1C/C=C/[C@@H](N)CS. The number of thioether (sulfide) groups is 1. The zero-order valence-electron chi connectivity index (χ0n) is 20.8. The lowest BCUT2D eigenvalue weighted by molar-refractivity contribution is -0.145. The quantitative estimate of drug-likeness (QED) is 0.189. The molecule has 0 aromatic heterocycles. The standard InChI is InChI=1S/C24H37N3O6S2/c1-30-21-8-7-17(13-22(21)31-2)33-18-12-20(27(14-18)10-5-6-16(25)15-34)23(28)26-19(9-11-35-4)24(29)32-3/h5-8,13,16,18-20,34H,9-12,14-15,25H2,1-4H3,(H,26,28)/b6-5+/t16-,18+,19+,20+/m1/s1. The Hall–Kier alpha value is -2.08. The number of carbonyl (C=O) groups is 2. The number of benzene rings is 1. The largest absolute Gasteiger partial charge is 0.493 e. The van der Waals surface area contributed by atoms with Gasteiger partial charge in [-0.3, -0.25) is 9.69 Å². The van der Waals surface area contributed by atoms with Gasteiger partial charge in [0.05, 0.1) is 27.4 Å². The molecule has 0 aliphatic carbocycles. The van der Waals surface area contributed by atoms with Gasteiger partial charge in [0.1, 0.15) is 17.9 Å². The van der Waals surface area contributed by atoms with Crippen molar-refractivity contribution in [1.82, 2.24) is 10.2 Å². The molecule has 0 bridgehead atoms. The predicted octanol–water partition coefficient (Wildman–Crippen LogP) is 1.75. The monoisotopic (exact) mass is 527 g/mol. The summed E-state index contributed by atoms with van der Waals surface area (Å²) < 4.78 is 21.7. The van der Waals surface area contributed by atoms with Crippen molar-refractivity contribution in [2.75, 3.05) is 52.2 Å². The van der Waals surface area contributed by atoms with Crippen LogP contribution < -0.4 is 25.3 Å². The minimum absolute atomic E-state index is 0.165. The number of nitrogens with two attached hydrogens (primary N) is 1. The highest BCUT2D eigenvalue weighted by atomic mass is 32.2. The van der Waals surface area contributed by atoms with Gasteiger partial charge >= 0.3 is 5.97 Å². The van der Waals surface area contributed by atoms with Crippen molar-refractivity contribution in [2.24, 2.45) is 5.73 Å². The van der Waals surface area contributed by atoms with E-state index in [1.54, 1.807) is 44.2 Å². The van der Waals surface area contributed by atoms with Crippen LogP contribution in [0.5, 0.6) is 17.2 Å². The van der Waals surface area contributed by atoms with E-state index in [1.165, 1.54) is 7.11 Å². The minimum atomic E-state index is -0.694. The number of methoxy groups -OCH3 is 3. The molecule has 4 atom stereocenters. The predicted molar refractivity (Wildman–Crippen MR) is 142 cm³/mol. The Bertz CT molecular complexity index is 857. The molecule has 0 spiro atoms. The summed E-state index contributed by atoms with van der Waals surface area (Å²) in [5.74, 6) is 2.36. The molecule has 35 heavy (non-hydrogen) atoms. The molecule has 1 aromatic rings. The zero-order valence-corrected chi connectivity index (χ0v) is 22.5. The van der Waals surface area contributed by atoms with Crippen LogP contribution in [0.3, 0.4) is 0 Å². The first-order chi connectivity index (χ1) is 16.9. The van der Waals surface area contributed by atoms with Crippen molar-refractivity contribution in [3.05, 3.63) is 30.4 Å². The van der Waals surface area contributed by atoms with Gasteiger partial charge in [-0.25, -0.2) is 4.79 Å². The first-order valence-corrected chi connectivity index (χ1v) is 13.4. The summed E-state index contributed by atoms with van der Waals surface area (Å²) in [6.07, 6.45) is 6.48. The third-order valence-corrected chi connectivity index (χ3v) is 6.74. The van der Waals surface area contributed by atoms with Crippen LogP contribution >= 0.6 is 24.4 Å². The summed E-state index contributed by atoms with van der Waals surface area (Å²) in [5, 5.41) is 2.88. The molecule has 1 aliphatic heterocycles. The Labute approximate surface area is 217 Å². The molecular formula is C24H37N3O6S2. The molecule has 9 nitrogen and oxygen atoms in total. The molecule has 1 heterocycles. The fraction of sp³-hybridized carbons (Fsp3) is 0.583. The summed E-state index contributed by atoms with van der Waals surface area (Å²) in [6, 6.07) is 4.01. The summed E-state index contributed by atoms with van der Waals surface area (Å²) in [6.45, 7) is 1.04. The van der Waals surface area contributed by atoms with Gasteiger partial charge in [0.15, 0.2) is 11.5 Å². The molecule has 2 rings (SSSR count). The van der Waals surface area contributed by atoms with Crippen molar-refractivity contribution in [1.29, 1.82) is 0 Å². The van der Waals surface area contributed by atoms with Crippen LogP contribution in [0.25, 0.3) is 0 Å². The second-order valence-electron chi connectivity index (χ2n) is 8.10. The summed E-state index contributed by atoms with van der Waals surface area (Å²) in [4.78, 5) is 27.5. The van der Waals surface area contributed by atoms with Crippen molar-refractivity contribution >= 4 is 36.3 Å². The first kappa shape index (κ1) is 29.2. The summed E-state index contributed by atoms with van der Waals surface area (Å²) in [7, 11) is 4.46. The fourth-order valence-corrected chi connectivity index (χ4v) is 4.42. The van der Waals surface area contributed by atoms with Crippen LogP contribution in [0.4, 0.5) is 0 Å². The minimum Gasteiger partial charge on any atom is -0.493 e. The number of likely N-dealkylation sites (tertiary alicyclic amines) is 1. The number of thiol groups is 1. The maximum Gasteiger partial charge on any atom is 0.328 e. The van der Waals surface area contributed by atoms with Gasteiger partial charge in [0.25, 0.3) is 0 Å². The molecule has 1 saturated heterocycles. The second-order valence-corrected chi connectivity index (χ2v) is 9.45. The Morgan fingerprint density at radius 2 is 2.03 bits per heavy atom. The third kappa shape index (κ3) is 8.82. The van der Waals surface area contributed by atoms with Crippen LogP contribution in [0.15, 0.2) is 30.4 Å². The van der Waals surface area contributed by atoms with Gasteiger partial charge in [-0.05, 0) is 30.6 Å². The fourth-order valence-electron chi connectivity index (χ4n) is 3.83. The number of esters is 1. The molecule has 0 unspecified atom stereocenters. The van der Waals surface area contributed by atoms with Gasteiger partial charge in [0, 0.05) is 37.4 Å². The van der Waals surface area contributed by atoms with Crippen LogP contribution in [-0.2, 0) is 14.3 Å². The molecule has 1 fully saturated rings. The van der Waals surface area contributed by atoms with E-state index in [2.05, 4.69) is 17.9 Å². The maximum atomic E-state index is 13.3. The first-order valence-electron chi connectivity index (χ1n) is 11.4. The van der Waals surface area contributed by atoms with E-state index in [0.717, 1.165) is 5.75 Å². The van der Waals surface area contributed by atoms with Crippen LogP contribution in [-0.4, -0.2) is 93.2 Å². The van der Waals surface area contributed by atoms with E-state index in [-0.39, 0.29) is 18.1 Å². The number of amides is 1. The van der Waals surface area contributed by atoms with Crippen LogP contribution in [0, 0.1) is 0 Å². The molecule has 1 amide bonds. The molecule has 1 aromatic carbocycles. The number of hydrogen-bond donors (Lipinski definition) is 3. The van der Waals surface area contributed by atoms with E-state index in [0.29, 0.717) is 48.9 Å². The highest BCUT2D eigenvalue weighted by Gasteiger charge is 2.39. The number of rotatable bonds is 14. The molecular weight excluding hydrogens is 490 g/mol. The van der Waals surface area contributed by atoms with E-state index >= 15 is 0 Å². The lowest BCUT2D eigenvalue weighted by Crippen LogP contribution is -2.50. The molecule has 0 saturated carbocycles. The Balaban J connectivity index is 2.16. The average molecular weight is 528 g/mol. The lowest BCUT2D eigenvalue weighted by Gasteiger charge is -2.24. The van der Waals surface area contributed by atoms with Crippen molar-refractivity contribution in [2.45, 2.75) is 37.1 Å². The average Bonchev–Trinajstić information content (AvgIpc) is 3.27. The van der Waals surface area contributed by atoms with E-state index in [9.17, 15) is 9.59 Å². The Morgan fingerprint density at radius 3 is 2.66 bits per heavy atom. The van der Waals surface area contributed by atoms with Gasteiger partial charge in [-0.2, -0.15) is 24.4 Å². The molecule has 1 aliphatic rings. The smallest absolute Gasteiger partial charge is 0.328 e. The highest BCUT2D eigenvalue weighted by Crippen LogP contribution is 2.32. The third-order valence-electron chi connectivity index (χ3n) is 5.67. The highest BCUT2D eigenvalue weighted by molar-refractivity contribution is 7.98. The van der Waals surface area contributed by atoms with Crippen molar-refractivity contribution in [3.8, 4) is 17.2 Å². The van der Waals surface area contributed by atoms with Crippen molar-refractivity contribution in [3.63, 3.8) is 0 Å². The number of carbonyl (C=O) groups excluding carboxylic acids is 2.